The van der Waals surface area contributed by atoms with Gasteiger partial charge in [0.1, 0.15) is 12.3 Å². The maximum atomic E-state index is 11.2. The minimum atomic E-state index is -0.362. The first kappa shape index (κ1) is 14.3. The minimum Gasteiger partial charge on any atom is -0.482 e. The zero-order chi connectivity index (χ0) is 13.4. The highest BCUT2D eigenvalue weighted by atomic mass is 35.5. The van der Waals surface area contributed by atoms with Crippen molar-refractivity contribution in [1.82, 2.24) is 5.32 Å². The third kappa shape index (κ3) is 4.62. The second-order valence-corrected chi connectivity index (χ2v) is 3.93. The smallest absolute Gasteiger partial charge is 0.258 e. The molecule has 6 heteroatoms. The van der Waals surface area contributed by atoms with Crippen molar-refractivity contribution >= 4 is 17.5 Å². The number of rotatable bonds is 6. The number of hydrogen-bond acceptors (Lipinski definition) is 4. The van der Waals surface area contributed by atoms with Crippen LogP contribution in [0.5, 0.6) is 5.75 Å². The molecule has 0 fully saturated rings. The number of nitrogens with two attached hydrogens (primary N) is 1. The molecule has 1 aromatic rings. The summed E-state index contributed by atoms with van der Waals surface area (Å²) in [5.74, 6) is 0.0724. The molecule has 1 rings (SSSR count). The number of halogens is 1. The Morgan fingerprint density at radius 1 is 1.56 bits per heavy atom. The van der Waals surface area contributed by atoms with Crippen molar-refractivity contribution in [1.29, 1.82) is 5.26 Å². The lowest BCUT2D eigenvalue weighted by Crippen LogP contribution is -2.29. The van der Waals surface area contributed by atoms with Crippen molar-refractivity contribution in [2.45, 2.75) is 6.42 Å². The molecule has 5 nitrogen and oxygen atoms in total. The van der Waals surface area contributed by atoms with Crippen LogP contribution in [-0.2, 0) is 11.2 Å². The first-order valence-electron chi connectivity index (χ1n) is 5.42. The zero-order valence-corrected chi connectivity index (χ0v) is 10.5. The van der Waals surface area contributed by atoms with E-state index in [1.165, 1.54) is 0 Å². The van der Waals surface area contributed by atoms with Crippen LogP contribution in [0, 0.1) is 11.3 Å². The number of carbonyl (C=O) groups excluding carboxylic acids is 1. The molecule has 0 aliphatic rings. The van der Waals surface area contributed by atoms with Crippen LogP contribution in [0.3, 0.4) is 0 Å². The van der Waals surface area contributed by atoms with Gasteiger partial charge in [-0.25, -0.2) is 0 Å². The van der Waals surface area contributed by atoms with E-state index in [4.69, 9.17) is 27.3 Å². The van der Waals surface area contributed by atoms with Gasteiger partial charge in [0, 0.05) is 0 Å². The fourth-order valence-corrected chi connectivity index (χ4v) is 1.57. The molecule has 96 valence electrons. The summed E-state index contributed by atoms with van der Waals surface area (Å²) in [6.45, 7) is 0.343. The molecule has 0 saturated carbocycles. The normalized spacial score (nSPS) is 9.61. The molecule has 0 atom stereocenters. The van der Waals surface area contributed by atoms with E-state index in [1.54, 1.807) is 18.2 Å². The lowest BCUT2D eigenvalue weighted by molar-refractivity contribution is -0.122. The quantitative estimate of drug-likeness (QED) is 0.748. The molecular formula is C12H14ClN3O2. The number of nitriles is 1. The second kappa shape index (κ2) is 7.54. The van der Waals surface area contributed by atoms with Gasteiger partial charge >= 0.3 is 0 Å². The molecule has 0 spiro atoms. The number of hydrogen-bond donors (Lipinski definition) is 2. The van der Waals surface area contributed by atoms with E-state index in [-0.39, 0.29) is 19.1 Å². The third-order valence-electron chi connectivity index (χ3n) is 2.15. The van der Waals surface area contributed by atoms with Gasteiger partial charge in [0.15, 0.2) is 6.61 Å². The highest BCUT2D eigenvalue weighted by Crippen LogP contribution is 2.25. The van der Waals surface area contributed by atoms with Crippen LogP contribution in [0.25, 0.3) is 0 Å². The van der Waals surface area contributed by atoms with E-state index in [0.717, 1.165) is 12.0 Å². The topological polar surface area (TPSA) is 88.1 Å². The number of carbonyl (C=O) groups is 1. The molecule has 1 amide bonds. The molecular weight excluding hydrogens is 254 g/mol. The summed E-state index contributed by atoms with van der Waals surface area (Å²) in [5.41, 5.74) is 6.46. The van der Waals surface area contributed by atoms with Gasteiger partial charge in [-0.3, -0.25) is 4.79 Å². The fraction of sp³-hybridized carbons (Fsp3) is 0.333. The Bertz CT molecular complexity index is 457. The predicted molar refractivity (Wildman–Crippen MR) is 68.3 cm³/mol. The first-order chi connectivity index (χ1) is 8.67. The van der Waals surface area contributed by atoms with Crippen LogP contribution in [0.1, 0.15) is 5.56 Å². The summed E-state index contributed by atoms with van der Waals surface area (Å²) < 4.78 is 5.24. The Balaban J connectivity index is 2.52. The molecule has 0 aliphatic heterocycles. The summed E-state index contributed by atoms with van der Waals surface area (Å²) in [6.07, 6.45) is 0.739. The third-order valence-corrected chi connectivity index (χ3v) is 2.45. The van der Waals surface area contributed by atoms with E-state index in [9.17, 15) is 4.79 Å². The standard InChI is InChI=1S/C12H14ClN3O2/c13-10-7-9(3-4-14)1-2-11(10)18-8-12(17)16-6-5-15/h1-2,7H,3-4,6,8,14H2,(H,16,17). The van der Waals surface area contributed by atoms with Gasteiger partial charge in [0.05, 0.1) is 11.1 Å². The van der Waals surface area contributed by atoms with Gasteiger partial charge in [0.25, 0.3) is 5.91 Å². The van der Waals surface area contributed by atoms with Crippen LogP contribution < -0.4 is 15.8 Å². The lowest BCUT2D eigenvalue weighted by atomic mass is 10.1. The fourth-order valence-electron chi connectivity index (χ4n) is 1.32. The van der Waals surface area contributed by atoms with Crippen molar-refractivity contribution in [3.8, 4) is 11.8 Å². The molecule has 0 heterocycles. The molecule has 18 heavy (non-hydrogen) atoms. The number of amides is 1. The van der Waals surface area contributed by atoms with Crippen molar-refractivity contribution < 1.29 is 9.53 Å². The summed E-state index contributed by atoms with van der Waals surface area (Å²) in [6, 6.07) is 7.11. The molecule has 0 bridgehead atoms. The summed E-state index contributed by atoms with van der Waals surface area (Å²) in [5, 5.41) is 11.1. The summed E-state index contributed by atoms with van der Waals surface area (Å²) in [4.78, 5) is 11.2. The largest absolute Gasteiger partial charge is 0.482 e. The molecule has 0 unspecified atom stereocenters. The van der Waals surface area contributed by atoms with E-state index < -0.39 is 0 Å². The van der Waals surface area contributed by atoms with Gasteiger partial charge < -0.3 is 15.8 Å². The van der Waals surface area contributed by atoms with Gasteiger partial charge in [-0.2, -0.15) is 5.26 Å². The van der Waals surface area contributed by atoms with Crippen molar-refractivity contribution in [2.24, 2.45) is 5.73 Å². The first-order valence-corrected chi connectivity index (χ1v) is 5.80. The Labute approximate surface area is 110 Å². The Hall–Kier alpha value is -1.77. The Morgan fingerprint density at radius 2 is 2.33 bits per heavy atom. The van der Waals surface area contributed by atoms with E-state index >= 15 is 0 Å². The maximum absolute atomic E-state index is 11.2. The predicted octanol–water partition coefficient (Wildman–Crippen LogP) is 0.860. The number of nitrogens with zero attached hydrogens (tertiary/aromatic N) is 1. The van der Waals surface area contributed by atoms with Gasteiger partial charge in [-0.1, -0.05) is 17.7 Å². The van der Waals surface area contributed by atoms with Gasteiger partial charge in [-0.05, 0) is 30.7 Å². The average Bonchev–Trinajstić information content (AvgIpc) is 2.35. The molecule has 0 saturated heterocycles. The van der Waals surface area contributed by atoms with Crippen LogP contribution in [0.4, 0.5) is 0 Å². The monoisotopic (exact) mass is 267 g/mol. The van der Waals surface area contributed by atoms with Crippen molar-refractivity contribution in [2.75, 3.05) is 19.7 Å². The zero-order valence-electron chi connectivity index (χ0n) is 9.78. The minimum absolute atomic E-state index is 0.0363. The van der Waals surface area contributed by atoms with E-state index in [0.29, 0.717) is 17.3 Å². The van der Waals surface area contributed by atoms with Crippen LogP contribution in [0.2, 0.25) is 5.02 Å². The van der Waals surface area contributed by atoms with Crippen LogP contribution in [0.15, 0.2) is 18.2 Å². The highest BCUT2D eigenvalue weighted by molar-refractivity contribution is 6.32. The van der Waals surface area contributed by atoms with Crippen molar-refractivity contribution in [3.63, 3.8) is 0 Å². The van der Waals surface area contributed by atoms with Crippen LogP contribution in [-0.4, -0.2) is 25.6 Å². The SMILES string of the molecule is N#CCNC(=O)COc1ccc(CCN)cc1Cl. The van der Waals surface area contributed by atoms with Gasteiger partial charge in [-0.15, -0.1) is 0 Å². The van der Waals surface area contributed by atoms with E-state index in [2.05, 4.69) is 5.32 Å². The molecule has 0 radical (unpaired) electrons. The maximum Gasteiger partial charge on any atom is 0.258 e. The molecule has 0 aliphatic carbocycles. The number of benzene rings is 1. The van der Waals surface area contributed by atoms with E-state index in [1.807, 2.05) is 6.07 Å². The molecule has 1 aromatic carbocycles. The second-order valence-electron chi connectivity index (χ2n) is 3.53. The lowest BCUT2D eigenvalue weighted by Gasteiger charge is -2.08. The summed E-state index contributed by atoms with van der Waals surface area (Å²) in [7, 11) is 0. The summed E-state index contributed by atoms with van der Waals surface area (Å²) >= 11 is 6.00. The van der Waals surface area contributed by atoms with Crippen LogP contribution >= 0.6 is 11.6 Å². The Morgan fingerprint density at radius 3 is 2.94 bits per heavy atom. The number of nitrogens with one attached hydrogen (secondary N) is 1. The van der Waals surface area contributed by atoms with Crippen molar-refractivity contribution in [3.05, 3.63) is 28.8 Å². The highest BCUT2D eigenvalue weighted by Gasteiger charge is 2.06. The Kier molecular flexibility index (Phi) is 5.98. The van der Waals surface area contributed by atoms with Gasteiger partial charge in [0.2, 0.25) is 0 Å². The molecule has 0 aromatic heterocycles. The average molecular weight is 268 g/mol. The number of ether oxygens (including phenoxy) is 1. The molecule has 3 N–H and O–H groups in total.